The smallest absolute Gasteiger partial charge is 0.261 e. The van der Waals surface area contributed by atoms with Gasteiger partial charge in [0.25, 0.3) is 5.56 Å². The molecule has 31 heavy (non-hydrogen) atoms. The van der Waals surface area contributed by atoms with E-state index in [0.29, 0.717) is 18.0 Å². The van der Waals surface area contributed by atoms with Gasteiger partial charge in [-0.3, -0.25) is 19.1 Å². The van der Waals surface area contributed by atoms with E-state index in [1.807, 2.05) is 17.7 Å². The Morgan fingerprint density at radius 3 is 2.61 bits per heavy atom. The molecule has 2 saturated heterocycles. The number of rotatable bonds is 4. The highest BCUT2D eigenvalue weighted by molar-refractivity contribution is 5.81. The molecule has 3 fully saturated rings. The Morgan fingerprint density at radius 1 is 1.10 bits per heavy atom. The summed E-state index contributed by atoms with van der Waals surface area (Å²) in [5, 5.41) is 0.713. The minimum Gasteiger partial charge on any atom is -0.369 e. The lowest BCUT2D eigenvalue weighted by molar-refractivity contribution is -0.147. The molecule has 1 aliphatic carbocycles. The van der Waals surface area contributed by atoms with Gasteiger partial charge in [0.05, 0.1) is 23.3 Å². The maximum Gasteiger partial charge on any atom is 0.261 e. The summed E-state index contributed by atoms with van der Waals surface area (Å²) in [6.45, 7) is 5.45. The zero-order valence-corrected chi connectivity index (χ0v) is 18.2. The first-order chi connectivity index (χ1) is 15.1. The zero-order valence-electron chi connectivity index (χ0n) is 18.2. The lowest BCUT2D eigenvalue weighted by atomic mass is 10.1. The number of ether oxygens (including phenoxy) is 1. The van der Waals surface area contributed by atoms with Crippen molar-refractivity contribution in [3.05, 3.63) is 34.9 Å². The predicted molar refractivity (Wildman–Crippen MR) is 120 cm³/mol. The standard InChI is InChI=1S/C23H31N5O3/c1-25-13-19(31-15-22(25)29)14-26-8-10-27(11-9-26)18-6-7-20-21(12-18)24-16-28(23(20)30)17-4-2-3-5-17/h6-7,12,16-17,19H,2-5,8-11,13-15H2,1H3. The Bertz CT molecular complexity index is 1010. The SMILES string of the molecule is CN1CC(CN2CCN(c3ccc4c(=O)n(C5CCCC5)cnc4c3)CC2)OCC1=O. The van der Waals surface area contributed by atoms with Crippen molar-refractivity contribution in [3.63, 3.8) is 0 Å². The maximum atomic E-state index is 12.9. The lowest BCUT2D eigenvalue weighted by Crippen LogP contribution is -2.53. The molecule has 166 valence electrons. The molecule has 1 saturated carbocycles. The van der Waals surface area contributed by atoms with Crippen LogP contribution in [0.2, 0.25) is 0 Å². The van der Waals surface area contributed by atoms with Crippen molar-refractivity contribution in [3.8, 4) is 0 Å². The van der Waals surface area contributed by atoms with Crippen LogP contribution in [0.4, 0.5) is 5.69 Å². The Kier molecular flexibility index (Phi) is 5.67. The molecule has 5 rings (SSSR count). The summed E-state index contributed by atoms with van der Waals surface area (Å²) >= 11 is 0. The van der Waals surface area contributed by atoms with Crippen molar-refractivity contribution in [2.24, 2.45) is 0 Å². The number of likely N-dealkylation sites (N-methyl/N-ethyl adjacent to an activating group) is 1. The zero-order chi connectivity index (χ0) is 21.4. The summed E-state index contributed by atoms with van der Waals surface area (Å²) in [7, 11) is 1.84. The van der Waals surface area contributed by atoms with E-state index in [9.17, 15) is 9.59 Å². The fraction of sp³-hybridized carbons (Fsp3) is 0.609. The molecule has 3 aliphatic rings. The van der Waals surface area contributed by atoms with E-state index in [2.05, 4.69) is 26.9 Å². The topological polar surface area (TPSA) is 70.9 Å². The van der Waals surface area contributed by atoms with Crippen molar-refractivity contribution < 1.29 is 9.53 Å². The van der Waals surface area contributed by atoms with Crippen molar-refractivity contribution in [2.75, 3.05) is 57.8 Å². The van der Waals surface area contributed by atoms with Gasteiger partial charge in [0, 0.05) is 58.0 Å². The Morgan fingerprint density at radius 2 is 1.87 bits per heavy atom. The number of benzene rings is 1. The molecule has 2 aliphatic heterocycles. The third-order valence-corrected chi connectivity index (χ3v) is 7.03. The monoisotopic (exact) mass is 425 g/mol. The van der Waals surface area contributed by atoms with Gasteiger partial charge >= 0.3 is 0 Å². The first kappa shape index (κ1) is 20.5. The van der Waals surface area contributed by atoms with Gasteiger partial charge in [-0.2, -0.15) is 0 Å². The van der Waals surface area contributed by atoms with E-state index in [1.54, 1.807) is 11.2 Å². The summed E-state index contributed by atoms with van der Waals surface area (Å²) in [6.07, 6.45) is 6.38. The highest BCUT2D eigenvalue weighted by Crippen LogP contribution is 2.28. The molecule has 1 aromatic heterocycles. The fourth-order valence-electron chi connectivity index (χ4n) is 5.11. The van der Waals surface area contributed by atoms with Crippen molar-refractivity contribution in [1.29, 1.82) is 0 Å². The fourth-order valence-corrected chi connectivity index (χ4v) is 5.11. The van der Waals surface area contributed by atoms with Gasteiger partial charge in [0.15, 0.2) is 0 Å². The van der Waals surface area contributed by atoms with Crippen molar-refractivity contribution >= 4 is 22.5 Å². The highest BCUT2D eigenvalue weighted by Gasteiger charge is 2.27. The van der Waals surface area contributed by atoms with Crippen LogP contribution in [0.25, 0.3) is 10.9 Å². The number of piperazine rings is 1. The molecular weight excluding hydrogens is 394 g/mol. The summed E-state index contributed by atoms with van der Waals surface area (Å²) in [4.78, 5) is 35.7. The predicted octanol–water partition coefficient (Wildman–Crippen LogP) is 1.49. The number of nitrogens with zero attached hydrogens (tertiary/aromatic N) is 5. The molecule has 8 heteroatoms. The molecule has 0 bridgehead atoms. The van der Waals surface area contributed by atoms with Crippen LogP contribution in [0.5, 0.6) is 0 Å². The molecular formula is C23H31N5O3. The van der Waals surface area contributed by atoms with Crippen LogP contribution < -0.4 is 10.5 Å². The molecule has 8 nitrogen and oxygen atoms in total. The van der Waals surface area contributed by atoms with Gasteiger partial charge in [0.1, 0.15) is 6.61 Å². The van der Waals surface area contributed by atoms with Crippen LogP contribution in [0, 0.1) is 0 Å². The van der Waals surface area contributed by atoms with Crippen LogP contribution in [0.3, 0.4) is 0 Å². The molecule has 2 aromatic rings. The van der Waals surface area contributed by atoms with Gasteiger partial charge in [-0.1, -0.05) is 12.8 Å². The molecule has 0 N–H and O–H groups in total. The normalized spacial score (nSPS) is 23.8. The first-order valence-corrected chi connectivity index (χ1v) is 11.4. The number of anilines is 1. The molecule has 1 unspecified atom stereocenters. The largest absolute Gasteiger partial charge is 0.369 e. The second kappa shape index (κ2) is 8.59. The average Bonchev–Trinajstić information content (AvgIpc) is 3.31. The molecule has 0 spiro atoms. The molecule has 1 aromatic carbocycles. The van der Waals surface area contributed by atoms with Crippen LogP contribution in [0.1, 0.15) is 31.7 Å². The van der Waals surface area contributed by atoms with Crippen LogP contribution in [-0.2, 0) is 9.53 Å². The lowest BCUT2D eigenvalue weighted by Gasteiger charge is -2.39. The van der Waals surface area contributed by atoms with E-state index >= 15 is 0 Å². The average molecular weight is 426 g/mol. The number of aromatic nitrogens is 2. The van der Waals surface area contributed by atoms with Gasteiger partial charge < -0.3 is 14.5 Å². The summed E-state index contributed by atoms with van der Waals surface area (Å²) in [6, 6.07) is 6.37. The summed E-state index contributed by atoms with van der Waals surface area (Å²) in [5.41, 5.74) is 1.99. The number of hydrogen-bond acceptors (Lipinski definition) is 6. The third-order valence-electron chi connectivity index (χ3n) is 7.03. The summed E-state index contributed by atoms with van der Waals surface area (Å²) < 4.78 is 7.53. The highest BCUT2D eigenvalue weighted by atomic mass is 16.5. The van der Waals surface area contributed by atoms with E-state index < -0.39 is 0 Å². The second-order valence-corrected chi connectivity index (χ2v) is 9.09. The van der Waals surface area contributed by atoms with Crippen molar-refractivity contribution in [1.82, 2.24) is 19.4 Å². The maximum absolute atomic E-state index is 12.9. The number of carbonyl (C=O) groups excluding carboxylic acids is 1. The number of morpholine rings is 1. The Labute approximate surface area is 182 Å². The van der Waals surface area contributed by atoms with Gasteiger partial charge in [-0.25, -0.2) is 4.98 Å². The summed E-state index contributed by atoms with van der Waals surface area (Å²) in [5.74, 6) is 0.0565. The number of fused-ring (bicyclic) bond motifs is 1. The quantitative estimate of drug-likeness (QED) is 0.739. The van der Waals surface area contributed by atoms with Crippen molar-refractivity contribution in [2.45, 2.75) is 37.8 Å². The van der Waals surface area contributed by atoms with Crippen LogP contribution in [0.15, 0.2) is 29.3 Å². The number of hydrogen-bond donors (Lipinski definition) is 0. The van der Waals surface area contributed by atoms with E-state index in [1.165, 1.54) is 12.8 Å². The van der Waals surface area contributed by atoms with E-state index in [4.69, 9.17) is 4.74 Å². The molecule has 0 radical (unpaired) electrons. The van der Waals surface area contributed by atoms with Gasteiger partial charge in [-0.15, -0.1) is 0 Å². The van der Waals surface area contributed by atoms with E-state index in [0.717, 1.165) is 56.8 Å². The first-order valence-electron chi connectivity index (χ1n) is 11.4. The molecule has 1 amide bonds. The van der Waals surface area contributed by atoms with Gasteiger partial charge in [-0.05, 0) is 31.0 Å². The van der Waals surface area contributed by atoms with Crippen LogP contribution >= 0.6 is 0 Å². The van der Waals surface area contributed by atoms with Crippen LogP contribution in [-0.4, -0.2) is 84.3 Å². The minimum atomic E-state index is 0.0565. The van der Waals surface area contributed by atoms with Gasteiger partial charge in [0.2, 0.25) is 5.91 Å². The molecule has 3 heterocycles. The Balaban J connectivity index is 1.23. The number of amides is 1. The minimum absolute atomic E-state index is 0.0565. The molecule has 1 atom stereocenters. The third kappa shape index (κ3) is 4.19. The van der Waals surface area contributed by atoms with E-state index in [-0.39, 0.29) is 24.2 Å². The number of carbonyl (C=O) groups is 1. The Hall–Kier alpha value is -2.45. The second-order valence-electron chi connectivity index (χ2n) is 9.09.